The number of aromatic nitrogens is 4. The van der Waals surface area contributed by atoms with E-state index in [9.17, 15) is 9.90 Å². The molecule has 6 heteroatoms. The van der Waals surface area contributed by atoms with Crippen LogP contribution in [0.4, 0.5) is 0 Å². The molecule has 1 aromatic rings. The summed E-state index contributed by atoms with van der Waals surface area (Å²) in [6.07, 6.45) is 10.8. The van der Waals surface area contributed by atoms with Crippen molar-refractivity contribution >= 4 is 5.97 Å². The third-order valence-corrected chi connectivity index (χ3v) is 5.32. The number of carbonyl (C=O) groups is 1. The Morgan fingerprint density at radius 1 is 1.24 bits per heavy atom. The number of rotatable bonds is 6. The normalized spacial score (nSPS) is 21.9. The first-order valence-electron chi connectivity index (χ1n) is 8.18. The molecule has 3 rings (SSSR count). The highest BCUT2D eigenvalue weighted by Crippen LogP contribution is 2.40. The van der Waals surface area contributed by atoms with Gasteiger partial charge in [-0.3, -0.25) is 4.79 Å². The summed E-state index contributed by atoms with van der Waals surface area (Å²) < 4.78 is 1.74. The second kappa shape index (κ2) is 6.12. The average Bonchev–Trinajstić information content (AvgIpc) is 3.19. The lowest BCUT2D eigenvalue weighted by Gasteiger charge is -2.23. The fraction of sp³-hybridized carbons (Fsp3) is 0.867. The highest BCUT2D eigenvalue weighted by atomic mass is 16.4. The quantitative estimate of drug-likeness (QED) is 0.871. The number of aryl methyl sites for hydroxylation is 1. The van der Waals surface area contributed by atoms with E-state index >= 15 is 0 Å². The Labute approximate surface area is 124 Å². The molecule has 0 amide bonds. The Morgan fingerprint density at radius 2 is 1.95 bits per heavy atom. The molecular formula is C15H24N4O2. The molecule has 0 atom stereocenters. The molecule has 1 heterocycles. The highest BCUT2D eigenvalue weighted by molar-refractivity contribution is 5.74. The Kier molecular flexibility index (Phi) is 4.22. The number of carboxylic acid groups (broad SMARTS) is 1. The molecular weight excluding hydrogens is 268 g/mol. The molecule has 0 aliphatic heterocycles. The SMILES string of the molecule is O=C(O)C1(Cn2nnnc2CCC2CCCC2)CCCC1. The average molecular weight is 292 g/mol. The van der Waals surface area contributed by atoms with Crippen molar-refractivity contribution in [3.05, 3.63) is 5.82 Å². The lowest BCUT2D eigenvalue weighted by molar-refractivity contribution is -0.149. The first kappa shape index (κ1) is 14.5. The van der Waals surface area contributed by atoms with Crippen molar-refractivity contribution < 1.29 is 9.90 Å². The number of tetrazole rings is 1. The molecule has 2 fully saturated rings. The second-order valence-electron chi connectivity index (χ2n) is 6.73. The van der Waals surface area contributed by atoms with E-state index in [4.69, 9.17) is 0 Å². The molecule has 2 aliphatic rings. The van der Waals surface area contributed by atoms with Crippen LogP contribution in [0.15, 0.2) is 0 Å². The maximum absolute atomic E-state index is 11.6. The number of aliphatic carboxylic acids is 1. The zero-order chi connectivity index (χ0) is 14.7. The van der Waals surface area contributed by atoms with E-state index in [1.807, 2.05) is 0 Å². The zero-order valence-electron chi connectivity index (χ0n) is 12.5. The molecule has 0 unspecified atom stereocenters. The summed E-state index contributed by atoms with van der Waals surface area (Å²) in [6, 6.07) is 0. The van der Waals surface area contributed by atoms with Crippen LogP contribution in [0.25, 0.3) is 0 Å². The molecule has 116 valence electrons. The van der Waals surface area contributed by atoms with E-state index in [1.54, 1.807) is 4.68 Å². The molecule has 0 saturated heterocycles. The predicted molar refractivity (Wildman–Crippen MR) is 76.6 cm³/mol. The van der Waals surface area contributed by atoms with Gasteiger partial charge in [-0.05, 0) is 35.6 Å². The summed E-state index contributed by atoms with van der Waals surface area (Å²) >= 11 is 0. The summed E-state index contributed by atoms with van der Waals surface area (Å²) in [5, 5.41) is 21.5. The van der Waals surface area contributed by atoms with Crippen molar-refractivity contribution in [2.75, 3.05) is 0 Å². The van der Waals surface area contributed by atoms with Crippen LogP contribution in [0.5, 0.6) is 0 Å². The van der Waals surface area contributed by atoms with Gasteiger partial charge >= 0.3 is 5.97 Å². The van der Waals surface area contributed by atoms with Crippen LogP contribution in [-0.4, -0.2) is 31.3 Å². The van der Waals surface area contributed by atoms with Crippen molar-refractivity contribution in [3.63, 3.8) is 0 Å². The van der Waals surface area contributed by atoms with Gasteiger partial charge in [-0.1, -0.05) is 38.5 Å². The fourth-order valence-electron chi connectivity index (χ4n) is 3.94. The first-order valence-corrected chi connectivity index (χ1v) is 8.18. The van der Waals surface area contributed by atoms with E-state index in [2.05, 4.69) is 15.5 Å². The lowest BCUT2D eigenvalue weighted by atomic mass is 9.86. The zero-order valence-corrected chi connectivity index (χ0v) is 12.5. The lowest BCUT2D eigenvalue weighted by Crippen LogP contribution is -2.33. The summed E-state index contributed by atoms with van der Waals surface area (Å²) in [7, 11) is 0. The highest BCUT2D eigenvalue weighted by Gasteiger charge is 2.42. The number of carboxylic acids is 1. The summed E-state index contributed by atoms with van der Waals surface area (Å²) in [6.45, 7) is 0.426. The number of hydrogen-bond donors (Lipinski definition) is 1. The third kappa shape index (κ3) is 3.09. The Hall–Kier alpha value is -1.46. The van der Waals surface area contributed by atoms with Crippen LogP contribution in [0.3, 0.4) is 0 Å². The van der Waals surface area contributed by atoms with Crippen LogP contribution < -0.4 is 0 Å². The minimum Gasteiger partial charge on any atom is -0.481 e. The Balaban J connectivity index is 1.65. The third-order valence-electron chi connectivity index (χ3n) is 5.32. The maximum Gasteiger partial charge on any atom is 0.311 e. The predicted octanol–water partition coefficient (Wildman–Crippen LogP) is 2.44. The van der Waals surface area contributed by atoms with Crippen LogP contribution in [-0.2, 0) is 17.8 Å². The van der Waals surface area contributed by atoms with Crippen molar-refractivity contribution in [3.8, 4) is 0 Å². The van der Waals surface area contributed by atoms with Crippen molar-refractivity contribution in [2.45, 2.75) is 70.8 Å². The molecule has 2 aliphatic carbocycles. The van der Waals surface area contributed by atoms with Gasteiger partial charge in [0.2, 0.25) is 0 Å². The van der Waals surface area contributed by atoms with Crippen LogP contribution in [0.2, 0.25) is 0 Å². The minimum atomic E-state index is -0.697. The molecule has 6 nitrogen and oxygen atoms in total. The van der Waals surface area contributed by atoms with Gasteiger partial charge in [0, 0.05) is 6.42 Å². The maximum atomic E-state index is 11.6. The van der Waals surface area contributed by atoms with E-state index in [1.165, 1.54) is 25.7 Å². The van der Waals surface area contributed by atoms with E-state index in [0.717, 1.165) is 50.3 Å². The summed E-state index contributed by atoms with van der Waals surface area (Å²) in [5.74, 6) is 0.960. The molecule has 0 aromatic carbocycles. The first-order chi connectivity index (χ1) is 10.2. The Morgan fingerprint density at radius 3 is 2.62 bits per heavy atom. The van der Waals surface area contributed by atoms with Crippen molar-refractivity contribution in [2.24, 2.45) is 11.3 Å². The fourth-order valence-corrected chi connectivity index (χ4v) is 3.94. The van der Waals surface area contributed by atoms with Crippen LogP contribution in [0.1, 0.15) is 63.6 Å². The van der Waals surface area contributed by atoms with Gasteiger partial charge in [0.25, 0.3) is 0 Å². The molecule has 0 bridgehead atoms. The standard InChI is InChI=1S/C15H24N4O2/c20-14(21)15(9-3-4-10-15)11-19-13(16-17-18-19)8-7-12-5-1-2-6-12/h12H,1-11H2,(H,20,21). The van der Waals surface area contributed by atoms with Gasteiger partial charge in [-0.15, -0.1) is 5.10 Å². The largest absolute Gasteiger partial charge is 0.481 e. The number of nitrogens with zero attached hydrogens (tertiary/aromatic N) is 4. The van der Waals surface area contributed by atoms with Crippen LogP contribution >= 0.6 is 0 Å². The van der Waals surface area contributed by atoms with Gasteiger partial charge in [0.15, 0.2) is 5.82 Å². The molecule has 0 radical (unpaired) electrons. The van der Waals surface area contributed by atoms with Gasteiger partial charge in [-0.25, -0.2) is 4.68 Å². The van der Waals surface area contributed by atoms with Gasteiger partial charge < -0.3 is 5.11 Å². The minimum absolute atomic E-state index is 0.426. The molecule has 21 heavy (non-hydrogen) atoms. The van der Waals surface area contributed by atoms with E-state index < -0.39 is 11.4 Å². The second-order valence-corrected chi connectivity index (χ2v) is 6.73. The smallest absolute Gasteiger partial charge is 0.311 e. The molecule has 1 N–H and O–H groups in total. The van der Waals surface area contributed by atoms with Crippen LogP contribution in [0, 0.1) is 11.3 Å². The number of hydrogen-bond acceptors (Lipinski definition) is 4. The Bertz CT molecular complexity index is 488. The van der Waals surface area contributed by atoms with Crippen molar-refractivity contribution in [1.29, 1.82) is 0 Å². The van der Waals surface area contributed by atoms with E-state index in [0.29, 0.717) is 6.54 Å². The topological polar surface area (TPSA) is 80.9 Å². The molecule has 2 saturated carbocycles. The van der Waals surface area contributed by atoms with Gasteiger partial charge in [0.1, 0.15) is 0 Å². The monoisotopic (exact) mass is 292 g/mol. The molecule has 1 aromatic heterocycles. The van der Waals surface area contributed by atoms with Crippen molar-refractivity contribution in [1.82, 2.24) is 20.2 Å². The van der Waals surface area contributed by atoms with E-state index in [-0.39, 0.29) is 0 Å². The van der Waals surface area contributed by atoms with Gasteiger partial charge in [-0.2, -0.15) is 0 Å². The molecule has 0 spiro atoms. The summed E-state index contributed by atoms with van der Waals surface area (Å²) in [4.78, 5) is 11.6. The summed E-state index contributed by atoms with van der Waals surface area (Å²) in [5.41, 5.74) is -0.655. The van der Waals surface area contributed by atoms with Gasteiger partial charge in [0.05, 0.1) is 12.0 Å².